The Morgan fingerprint density at radius 2 is 2.19 bits per heavy atom. The van der Waals surface area contributed by atoms with E-state index in [0.717, 1.165) is 30.4 Å². The average Bonchev–Trinajstić information content (AvgIpc) is 3.06. The van der Waals surface area contributed by atoms with Crippen LogP contribution in [0.3, 0.4) is 0 Å². The SMILES string of the molecule is CCCC1CCN(Cc2oc3ccccc3c2CNC)C1. The van der Waals surface area contributed by atoms with Gasteiger partial charge in [0.2, 0.25) is 0 Å². The Balaban J connectivity index is 1.78. The Morgan fingerprint density at radius 3 is 3.00 bits per heavy atom. The summed E-state index contributed by atoms with van der Waals surface area (Å²) < 4.78 is 6.13. The molecule has 21 heavy (non-hydrogen) atoms. The first-order valence-corrected chi connectivity index (χ1v) is 8.18. The Labute approximate surface area is 127 Å². The van der Waals surface area contributed by atoms with E-state index in [2.05, 4.69) is 35.3 Å². The summed E-state index contributed by atoms with van der Waals surface area (Å²) in [6, 6.07) is 8.38. The molecule has 3 nitrogen and oxygen atoms in total. The van der Waals surface area contributed by atoms with E-state index in [1.807, 2.05) is 13.1 Å². The third-order valence-electron chi connectivity index (χ3n) is 4.57. The molecule has 0 radical (unpaired) electrons. The van der Waals surface area contributed by atoms with Crippen LogP contribution in [0.5, 0.6) is 0 Å². The second-order valence-corrected chi connectivity index (χ2v) is 6.21. The maximum Gasteiger partial charge on any atom is 0.134 e. The quantitative estimate of drug-likeness (QED) is 0.876. The molecule has 1 fully saturated rings. The van der Waals surface area contributed by atoms with Gasteiger partial charge in [-0.05, 0) is 38.4 Å². The minimum absolute atomic E-state index is 0.874. The van der Waals surface area contributed by atoms with E-state index >= 15 is 0 Å². The van der Waals surface area contributed by atoms with Gasteiger partial charge in [0.15, 0.2) is 0 Å². The Morgan fingerprint density at radius 1 is 1.33 bits per heavy atom. The summed E-state index contributed by atoms with van der Waals surface area (Å²) in [5.41, 5.74) is 2.34. The predicted molar refractivity (Wildman–Crippen MR) is 87.3 cm³/mol. The van der Waals surface area contributed by atoms with Crippen LogP contribution in [-0.2, 0) is 13.1 Å². The second-order valence-electron chi connectivity index (χ2n) is 6.21. The summed E-state index contributed by atoms with van der Waals surface area (Å²) >= 11 is 0. The summed E-state index contributed by atoms with van der Waals surface area (Å²) in [6.45, 7) is 6.54. The van der Waals surface area contributed by atoms with Crippen LogP contribution in [0.2, 0.25) is 0 Å². The monoisotopic (exact) mass is 286 g/mol. The van der Waals surface area contributed by atoms with Crippen molar-refractivity contribution >= 4 is 11.0 Å². The van der Waals surface area contributed by atoms with Gasteiger partial charge >= 0.3 is 0 Å². The molecule has 0 spiro atoms. The molecule has 1 unspecified atom stereocenters. The fraction of sp³-hybridized carbons (Fsp3) is 0.556. The highest BCUT2D eigenvalue weighted by Crippen LogP contribution is 2.29. The molecule has 1 saturated heterocycles. The van der Waals surface area contributed by atoms with Gasteiger partial charge in [-0.25, -0.2) is 0 Å². The van der Waals surface area contributed by atoms with Gasteiger partial charge in [-0.1, -0.05) is 31.5 Å². The van der Waals surface area contributed by atoms with E-state index in [1.54, 1.807) is 0 Å². The minimum atomic E-state index is 0.874. The molecular weight excluding hydrogens is 260 g/mol. The highest BCUT2D eigenvalue weighted by molar-refractivity contribution is 5.82. The van der Waals surface area contributed by atoms with Gasteiger partial charge in [-0.2, -0.15) is 0 Å². The number of hydrogen-bond donors (Lipinski definition) is 1. The lowest BCUT2D eigenvalue weighted by molar-refractivity contribution is 0.286. The van der Waals surface area contributed by atoms with Gasteiger partial charge in [-0.3, -0.25) is 4.90 Å². The zero-order chi connectivity index (χ0) is 14.7. The smallest absolute Gasteiger partial charge is 0.134 e. The number of likely N-dealkylation sites (tertiary alicyclic amines) is 1. The van der Waals surface area contributed by atoms with Gasteiger partial charge < -0.3 is 9.73 Å². The van der Waals surface area contributed by atoms with Crippen LogP contribution in [0.25, 0.3) is 11.0 Å². The summed E-state index contributed by atoms with van der Waals surface area (Å²) in [7, 11) is 2.00. The number of fused-ring (bicyclic) bond motifs is 1. The van der Waals surface area contributed by atoms with Crippen LogP contribution in [0.4, 0.5) is 0 Å². The number of nitrogens with one attached hydrogen (secondary N) is 1. The number of nitrogens with zero attached hydrogens (tertiary/aromatic N) is 1. The van der Waals surface area contributed by atoms with Crippen molar-refractivity contribution in [3.8, 4) is 0 Å². The van der Waals surface area contributed by atoms with Crippen molar-refractivity contribution in [2.45, 2.75) is 39.3 Å². The van der Waals surface area contributed by atoms with E-state index in [-0.39, 0.29) is 0 Å². The molecule has 2 aromatic rings. The number of para-hydroxylation sites is 1. The lowest BCUT2D eigenvalue weighted by Gasteiger charge is -2.15. The lowest BCUT2D eigenvalue weighted by Crippen LogP contribution is -2.21. The highest BCUT2D eigenvalue weighted by Gasteiger charge is 2.24. The van der Waals surface area contributed by atoms with Gasteiger partial charge in [-0.15, -0.1) is 0 Å². The van der Waals surface area contributed by atoms with Gasteiger partial charge in [0.25, 0.3) is 0 Å². The Bertz CT molecular complexity index is 590. The van der Waals surface area contributed by atoms with Crippen LogP contribution in [0, 0.1) is 5.92 Å². The second kappa shape index (κ2) is 6.63. The zero-order valence-corrected chi connectivity index (χ0v) is 13.2. The molecule has 1 aliphatic heterocycles. The molecule has 1 aromatic carbocycles. The summed E-state index contributed by atoms with van der Waals surface area (Å²) in [6.07, 6.45) is 4.00. The summed E-state index contributed by atoms with van der Waals surface area (Å²) in [4.78, 5) is 2.55. The average molecular weight is 286 g/mol. The maximum absolute atomic E-state index is 6.13. The van der Waals surface area contributed by atoms with Gasteiger partial charge in [0.1, 0.15) is 11.3 Å². The number of rotatable bonds is 6. The number of hydrogen-bond acceptors (Lipinski definition) is 3. The lowest BCUT2D eigenvalue weighted by atomic mass is 10.0. The third kappa shape index (κ3) is 3.14. The first kappa shape index (κ1) is 14.6. The fourth-order valence-electron chi connectivity index (χ4n) is 3.55. The van der Waals surface area contributed by atoms with Crippen molar-refractivity contribution in [1.29, 1.82) is 0 Å². The third-order valence-corrected chi connectivity index (χ3v) is 4.57. The topological polar surface area (TPSA) is 28.4 Å². The van der Waals surface area contributed by atoms with Crippen molar-refractivity contribution in [1.82, 2.24) is 10.2 Å². The standard InChI is InChI=1S/C18H26N2O/c1-3-6-14-9-10-20(12-14)13-18-16(11-19-2)15-7-4-5-8-17(15)21-18/h4-5,7-8,14,19H,3,6,9-13H2,1-2H3. The van der Waals surface area contributed by atoms with E-state index in [9.17, 15) is 0 Å². The van der Waals surface area contributed by atoms with Crippen LogP contribution in [0.1, 0.15) is 37.5 Å². The Hall–Kier alpha value is -1.32. The van der Waals surface area contributed by atoms with Crippen molar-refractivity contribution < 1.29 is 4.42 Å². The molecule has 1 N–H and O–H groups in total. The number of benzene rings is 1. The van der Waals surface area contributed by atoms with Crippen molar-refractivity contribution in [2.75, 3.05) is 20.1 Å². The molecule has 1 aromatic heterocycles. The fourth-order valence-corrected chi connectivity index (χ4v) is 3.55. The predicted octanol–water partition coefficient (Wildman–Crippen LogP) is 3.77. The maximum atomic E-state index is 6.13. The van der Waals surface area contributed by atoms with Crippen molar-refractivity contribution in [3.05, 3.63) is 35.6 Å². The van der Waals surface area contributed by atoms with E-state index in [1.165, 1.54) is 43.3 Å². The van der Waals surface area contributed by atoms with Crippen LogP contribution in [0.15, 0.2) is 28.7 Å². The van der Waals surface area contributed by atoms with Crippen LogP contribution >= 0.6 is 0 Å². The van der Waals surface area contributed by atoms with Crippen LogP contribution < -0.4 is 5.32 Å². The van der Waals surface area contributed by atoms with Crippen molar-refractivity contribution in [2.24, 2.45) is 5.92 Å². The van der Waals surface area contributed by atoms with E-state index in [4.69, 9.17) is 4.42 Å². The normalized spacial score (nSPS) is 19.6. The van der Waals surface area contributed by atoms with Crippen molar-refractivity contribution in [3.63, 3.8) is 0 Å². The summed E-state index contributed by atoms with van der Waals surface area (Å²) in [5.74, 6) is 2.02. The molecular formula is C18H26N2O. The molecule has 0 saturated carbocycles. The van der Waals surface area contributed by atoms with Crippen LogP contribution in [-0.4, -0.2) is 25.0 Å². The first-order chi connectivity index (χ1) is 10.3. The molecule has 3 rings (SSSR count). The highest BCUT2D eigenvalue weighted by atomic mass is 16.3. The molecule has 114 valence electrons. The number of furan rings is 1. The molecule has 0 aliphatic carbocycles. The first-order valence-electron chi connectivity index (χ1n) is 8.18. The zero-order valence-electron chi connectivity index (χ0n) is 13.2. The molecule has 1 aliphatic rings. The van der Waals surface area contributed by atoms with E-state index < -0.39 is 0 Å². The molecule has 0 bridgehead atoms. The minimum Gasteiger partial charge on any atom is -0.459 e. The van der Waals surface area contributed by atoms with Gasteiger partial charge in [0, 0.05) is 24.0 Å². The molecule has 0 amide bonds. The van der Waals surface area contributed by atoms with Gasteiger partial charge in [0.05, 0.1) is 6.54 Å². The van der Waals surface area contributed by atoms with E-state index in [0.29, 0.717) is 0 Å². The summed E-state index contributed by atoms with van der Waals surface area (Å²) in [5, 5.41) is 4.53. The molecule has 1 atom stereocenters. The largest absolute Gasteiger partial charge is 0.459 e. The molecule has 3 heteroatoms. The molecule has 2 heterocycles. The Kier molecular flexibility index (Phi) is 4.61.